The average Bonchev–Trinajstić information content (AvgIpc) is 3.40. The Labute approximate surface area is 186 Å². The SMILES string of the molecule is Cc1nn(-c2cccc(F)c2)c2c1c(C)c(CCC(=O)NCCN1CCCC1)c(=O)n2C. The fourth-order valence-corrected chi connectivity index (χ4v) is 4.64. The predicted molar refractivity (Wildman–Crippen MR) is 123 cm³/mol. The van der Waals surface area contributed by atoms with Gasteiger partial charge in [-0.25, -0.2) is 9.07 Å². The van der Waals surface area contributed by atoms with Gasteiger partial charge in [-0.05, 0) is 70.0 Å². The van der Waals surface area contributed by atoms with Crippen LogP contribution in [0.1, 0.15) is 36.1 Å². The van der Waals surface area contributed by atoms with Crippen LogP contribution in [0.2, 0.25) is 0 Å². The zero-order valence-electron chi connectivity index (χ0n) is 18.9. The number of nitrogens with zero attached hydrogens (tertiary/aromatic N) is 4. The third-order valence-electron chi connectivity index (χ3n) is 6.35. The van der Waals surface area contributed by atoms with Gasteiger partial charge >= 0.3 is 0 Å². The lowest BCUT2D eigenvalue weighted by Crippen LogP contribution is -2.34. The van der Waals surface area contributed by atoms with Crippen molar-refractivity contribution >= 4 is 16.9 Å². The minimum absolute atomic E-state index is 0.0436. The lowest BCUT2D eigenvalue weighted by Gasteiger charge is -2.15. The quantitative estimate of drug-likeness (QED) is 0.614. The molecule has 32 heavy (non-hydrogen) atoms. The molecule has 8 heteroatoms. The zero-order chi connectivity index (χ0) is 22.8. The molecule has 170 valence electrons. The highest BCUT2D eigenvalue weighted by Crippen LogP contribution is 2.26. The van der Waals surface area contributed by atoms with Gasteiger partial charge in [0.1, 0.15) is 11.5 Å². The number of carbonyl (C=O) groups is 1. The van der Waals surface area contributed by atoms with Gasteiger partial charge in [0.15, 0.2) is 0 Å². The van der Waals surface area contributed by atoms with E-state index in [0.717, 1.165) is 36.3 Å². The molecule has 7 nitrogen and oxygen atoms in total. The van der Waals surface area contributed by atoms with Gasteiger partial charge in [0.05, 0.1) is 11.4 Å². The van der Waals surface area contributed by atoms with Crippen molar-refractivity contribution in [3.05, 3.63) is 57.3 Å². The monoisotopic (exact) mass is 439 g/mol. The Morgan fingerprint density at radius 2 is 1.97 bits per heavy atom. The van der Waals surface area contributed by atoms with Crippen LogP contribution in [0, 0.1) is 19.7 Å². The lowest BCUT2D eigenvalue weighted by atomic mass is 10.0. The van der Waals surface area contributed by atoms with Crippen molar-refractivity contribution in [3.63, 3.8) is 0 Å². The van der Waals surface area contributed by atoms with E-state index in [0.29, 0.717) is 29.9 Å². The van der Waals surface area contributed by atoms with Crippen LogP contribution in [-0.2, 0) is 18.3 Å². The van der Waals surface area contributed by atoms with E-state index in [-0.39, 0.29) is 23.7 Å². The van der Waals surface area contributed by atoms with Crippen LogP contribution in [0.15, 0.2) is 29.1 Å². The topological polar surface area (TPSA) is 72.2 Å². The number of nitrogens with one attached hydrogen (secondary N) is 1. The van der Waals surface area contributed by atoms with Crippen molar-refractivity contribution in [1.29, 1.82) is 0 Å². The first-order chi connectivity index (χ1) is 15.4. The number of pyridine rings is 1. The van der Waals surface area contributed by atoms with E-state index in [4.69, 9.17) is 0 Å². The van der Waals surface area contributed by atoms with E-state index in [9.17, 15) is 14.0 Å². The Morgan fingerprint density at radius 3 is 2.69 bits per heavy atom. The number of amides is 1. The van der Waals surface area contributed by atoms with Gasteiger partial charge in [0.2, 0.25) is 5.91 Å². The summed E-state index contributed by atoms with van der Waals surface area (Å²) in [4.78, 5) is 27.9. The molecule has 1 N–H and O–H groups in total. The third kappa shape index (κ3) is 4.32. The minimum Gasteiger partial charge on any atom is -0.355 e. The molecule has 2 aromatic heterocycles. The smallest absolute Gasteiger partial charge is 0.255 e. The minimum atomic E-state index is -0.363. The number of hydrogen-bond donors (Lipinski definition) is 1. The fraction of sp³-hybridized carbons (Fsp3) is 0.458. The standard InChI is InChI=1S/C24H30FN5O2/c1-16-20(9-10-21(31)26-11-14-29-12-4-5-13-29)24(32)28(3)23-22(16)17(2)27-30(23)19-8-6-7-18(25)15-19/h6-8,15H,4-5,9-14H2,1-3H3,(H,26,31). The summed E-state index contributed by atoms with van der Waals surface area (Å²) in [5, 5.41) is 8.42. The van der Waals surface area contributed by atoms with E-state index in [2.05, 4.69) is 15.3 Å². The summed E-state index contributed by atoms with van der Waals surface area (Å²) in [6, 6.07) is 6.15. The fourth-order valence-electron chi connectivity index (χ4n) is 4.64. The van der Waals surface area contributed by atoms with Gasteiger partial charge in [0, 0.05) is 37.5 Å². The molecule has 1 aliphatic heterocycles. The molecule has 1 aliphatic rings. The normalized spacial score (nSPS) is 14.4. The number of halogens is 1. The number of carbonyl (C=O) groups excluding carboxylic acids is 1. The van der Waals surface area contributed by atoms with Crippen LogP contribution >= 0.6 is 0 Å². The van der Waals surface area contributed by atoms with Crippen LogP contribution in [0.3, 0.4) is 0 Å². The van der Waals surface area contributed by atoms with E-state index in [1.165, 1.54) is 25.0 Å². The molecule has 1 saturated heterocycles. The van der Waals surface area contributed by atoms with E-state index in [1.807, 2.05) is 13.8 Å². The Kier molecular flexibility index (Phi) is 6.41. The summed E-state index contributed by atoms with van der Waals surface area (Å²) in [5.41, 5.74) is 3.23. The number of benzene rings is 1. The number of hydrogen-bond acceptors (Lipinski definition) is 4. The maximum atomic E-state index is 13.8. The van der Waals surface area contributed by atoms with Crippen molar-refractivity contribution in [1.82, 2.24) is 24.6 Å². The second-order valence-corrected chi connectivity index (χ2v) is 8.54. The summed E-state index contributed by atoms with van der Waals surface area (Å²) in [7, 11) is 1.70. The molecule has 0 spiro atoms. The molecule has 1 aromatic carbocycles. The van der Waals surface area contributed by atoms with Gasteiger partial charge in [-0.3, -0.25) is 14.2 Å². The van der Waals surface area contributed by atoms with Gasteiger partial charge in [-0.2, -0.15) is 5.10 Å². The molecular formula is C24H30FN5O2. The first-order valence-electron chi connectivity index (χ1n) is 11.2. The molecule has 0 aliphatic carbocycles. The predicted octanol–water partition coefficient (Wildman–Crippen LogP) is 2.62. The van der Waals surface area contributed by atoms with Gasteiger partial charge < -0.3 is 10.2 Å². The van der Waals surface area contributed by atoms with Crippen molar-refractivity contribution in [2.45, 2.75) is 39.5 Å². The van der Waals surface area contributed by atoms with Gasteiger partial charge in [-0.15, -0.1) is 0 Å². The van der Waals surface area contributed by atoms with E-state index >= 15 is 0 Å². The zero-order valence-corrected chi connectivity index (χ0v) is 18.9. The van der Waals surface area contributed by atoms with E-state index in [1.54, 1.807) is 28.4 Å². The number of aryl methyl sites for hydroxylation is 3. The molecule has 0 radical (unpaired) electrons. The summed E-state index contributed by atoms with van der Waals surface area (Å²) in [5.74, 6) is -0.407. The molecule has 0 atom stereocenters. The van der Waals surface area contributed by atoms with Crippen LogP contribution < -0.4 is 10.9 Å². The van der Waals surface area contributed by atoms with Crippen molar-refractivity contribution in [3.8, 4) is 5.69 Å². The number of aromatic nitrogens is 3. The lowest BCUT2D eigenvalue weighted by molar-refractivity contribution is -0.121. The van der Waals surface area contributed by atoms with Gasteiger partial charge in [-0.1, -0.05) is 6.07 Å². The maximum Gasteiger partial charge on any atom is 0.255 e. The second-order valence-electron chi connectivity index (χ2n) is 8.54. The molecule has 1 amide bonds. The first kappa shape index (κ1) is 22.2. The summed E-state index contributed by atoms with van der Waals surface area (Å²) in [6.45, 7) is 7.49. The molecule has 0 unspecified atom stereocenters. The largest absolute Gasteiger partial charge is 0.355 e. The molecule has 0 bridgehead atoms. The summed E-state index contributed by atoms with van der Waals surface area (Å²) in [6.07, 6.45) is 3.09. The summed E-state index contributed by atoms with van der Waals surface area (Å²) < 4.78 is 16.9. The Hall–Kier alpha value is -3.00. The third-order valence-corrected chi connectivity index (χ3v) is 6.35. The Morgan fingerprint density at radius 1 is 1.22 bits per heavy atom. The van der Waals surface area contributed by atoms with Crippen LogP contribution in [0.25, 0.3) is 16.7 Å². The van der Waals surface area contributed by atoms with Crippen molar-refractivity contribution < 1.29 is 9.18 Å². The first-order valence-corrected chi connectivity index (χ1v) is 11.2. The van der Waals surface area contributed by atoms with Crippen molar-refractivity contribution in [2.24, 2.45) is 7.05 Å². The van der Waals surface area contributed by atoms with Crippen LogP contribution in [0.4, 0.5) is 4.39 Å². The molecule has 4 rings (SSSR count). The number of rotatable bonds is 7. The highest BCUT2D eigenvalue weighted by atomic mass is 19.1. The highest BCUT2D eigenvalue weighted by Gasteiger charge is 2.20. The highest BCUT2D eigenvalue weighted by molar-refractivity contribution is 5.85. The Balaban J connectivity index is 1.56. The Bertz CT molecular complexity index is 1210. The average molecular weight is 440 g/mol. The maximum absolute atomic E-state index is 13.8. The van der Waals surface area contributed by atoms with E-state index < -0.39 is 0 Å². The molecular weight excluding hydrogens is 409 g/mol. The van der Waals surface area contributed by atoms with Crippen LogP contribution in [0.5, 0.6) is 0 Å². The number of fused-ring (bicyclic) bond motifs is 1. The molecule has 3 heterocycles. The number of likely N-dealkylation sites (tertiary alicyclic amines) is 1. The molecule has 3 aromatic rings. The molecule has 1 fully saturated rings. The molecule has 0 saturated carbocycles. The van der Waals surface area contributed by atoms with Gasteiger partial charge in [0.25, 0.3) is 5.56 Å². The second kappa shape index (κ2) is 9.24. The van der Waals surface area contributed by atoms with Crippen molar-refractivity contribution in [2.75, 3.05) is 26.2 Å². The summed E-state index contributed by atoms with van der Waals surface area (Å²) >= 11 is 0. The van der Waals surface area contributed by atoms with Crippen LogP contribution in [-0.4, -0.2) is 51.3 Å².